The highest BCUT2D eigenvalue weighted by Crippen LogP contribution is 2.40. The molecule has 2 N–H and O–H groups in total. The van der Waals surface area contributed by atoms with Gasteiger partial charge in [-0.15, -0.1) is 0 Å². The van der Waals surface area contributed by atoms with Gasteiger partial charge in [0.15, 0.2) is 0 Å². The van der Waals surface area contributed by atoms with E-state index in [0.717, 1.165) is 24.6 Å². The van der Waals surface area contributed by atoms with Gasteiger partial charge in [-0.05, 0) is 24.6 Å². The van der Waals surface area contributed by atoms with Crippen molar-refractivity contribution >= 4 is 11.3 Å². The molecule has 0 aromatic heterocycles. The van der Waals surface area contributed by atoms with Crippen molar-refractivity contribution in [2.45, 2.75) is 26.4 Å². The van der Waals surface area contributed by atoms with Crippen LogP contribution >= 0.6 is 0 Å². The number of aliphatic hydroxyl groups excluding tert-OH is 1. The van der Waals surface area contributed by atoms with Crippen molar-refractivity contribution in [2.75, 3.05) is 38.2 Å². The van der Waals surface area contributed by atoms with E-state index in [-0.39, 0.29) is 18.8 Å². The molecule has 0 unspecified atom stereocenters. The Morgan fingerprint density at radius 2 is 1.96 bits per heavy atom. The van der Waals surface area contributed by atoms with Crippen LogP contribution in [-0.4, -0.2) is 38.4 Å². The van der Waals surface area contributed by atoms with Crippen molar-refractivity contribution in [3.63, 3.8) is 0 Å². The first-order valence-electron chi connectivity index (χ1n) is 7.87. The van der Waals surface area contributed by atoms with E-state index in [0.29, 0.717) is 12.1 Å². The minimum absolute atomic E-state index is 0.133. The summed E-state index contributed by atoms with van der Waals surface area (Å²) in [7, 11) is 1.57. The summed E-state index contributed by atoms with van der Waals surface area (Å²) in [6.07, 6.45) is -1.64. The lowest BCUT2D eigenvalue weighted by atomic mass is 9.96. The molecule has 1 aromatic carbocycles. The number of benzene rings is 1. The number of nitrogens with zero attached hydrogens (tertiary/aromatic N) is 1. The summed E-state index contributed by atoms with van der Waals surface area (Å²) in [6.45, 7) is 5.35. The van der Waals surface area contributed by atoms with Crippen LogP contribution in [0.1, 0.15) is 31.4 Å². The van der Waals surface area contributed by atoms with Gasteiger partial charge in [-0.3, -0.25) is 0 Å². The Bertz CT molecular complexity index is 527. The number of anilines is 1. The zero-order valence-corrected chi connectivity index (χ0v) is 13.9. The molecule has 0 radical (unpaired) electrons. The van der Waals surface area contributed by atoms with Crippen molar-refractivity contribution in [1.29, 1.82) is 0 Å². The second-order valence-corrected chi connectivity index (χ2v) is 5.04. The molecule has 3 nitrogen and oxygen atoms in total. The summed E-state index contributed by atoms with van der Waals surface area (Å²) in [5.74, 6) is 0. The normalized spacial score (nSPS) is 14.7. The molecule has 0 amide bonds. The Hall–Kier alpha value is -1.53. The third kappa shape index (κ3) is 4.97. The molecular weight excluding hydrogens is 305 g/mol. The largest absolute Gasteiger partial charge is 0.418 e. The molecule has 23 heavy (non-hydrogen) atoms. The fourth-order valence-electron chi connectivity index (χ4n) is 2.55. The van der Waals surface area contributed by atoms with Crippen molar-refractivity contribution in [1.82, 2.24) is 5.32 Å². The van der Waals surface area contributed by atoms with E-state index in [2.05, 4.69) is 5.32 Å². The van der Waals surface area contributed by atoms with Gasteiger partial charge in [0.1, 0.15) is 0 Å². The average molecular weight is 330 g/mol. The molecule has 0 atom stereocenters. The van der Waals surface area contributed by atoms with Crippen LogP contribution in [-0.2, 0) is 6.18 Å². The summed E-state index contributed by atoms with van der Waals surface area (Å²) in [5.41, 5.74) is 0.913. The molecular formula is C17H25F3N2O. The molecule has 0 spiro atoms. The van der Waals surface area contributed by atoms with Crippen LogP contribution < -0.4 is 10.2 Å². The van der Waals surface area contributed by atoms with Crippen molar-refractivity contribution in [3.05, 3.63) is 35.4 Å². The average Bonchev–Trinajstić information content (AvgIpc) is 2.56. The Kier molecular flexibility index (Phi) is 7.58. The standard InChI is InChI=1S/C15H19F3N2O.C2H6/c1-20(8-9-21)14-12(11-4-3-7-19-10-11)5-2-6-13(14)15(16,17)18;1-2/h2,4-6,19,21H,3,7-10H2,1H3;1-2H3. The predicted octanol–water partition coefficient (Wildman–Crippen LogP) is 3.54. The van der Waals surface area contributed by atoms with Crippen LogP contribution in [0.15, 0.2) is 24.3 Å². The number of likely N-dealkylation sites (N-methyl/N-ethyl adjacent to an activating group) is 1. The molecule has 0 fully saturated rings. The maximum atomic E-state index is 13.3. The second-order valence-electron chi connectivity index (χ2n) is 5.04. The molecule has 2 rings (SSSR count). The molecule has 1 aromatic rings. The predicted molar refractivity (Wildman–Crippen MR) is 88.6 cm³/mol. The van der Waals surface area contributed by atoms with E-state index in [4.69, 9.17) is 5.11 Å². The minimum Gasteiger partial charge on any atom is -0.395 e. The Balaban J connectivity index is 0.00000127. The lowest BCUT2D eigenvalue weighted by molar-refractivity contribution is -0.137. The highest BCUT2D eigenvalue weighted by atomic mass is 19.4. The van der Waals surface area contributed by atoms with Crippen LogP contribution in [0.25, 0.3) is 5.57 Å². The summed E-state index contributed by atoms with van der Waals surface area (Å²) in [6, 6.07) is 4.23. The molecule has 0 bridgehead atoms. The number of halogens is 3. The van der Waals surface area contributed by atoms with Crippen LogP contribution in [0, 0.1) is 0 Å². The van der Waals surface area contributed by atoms with Gasteiger partial charge in [0.25, 0.3) is 0 Å². The highest BCUT2D eigenvalue weighted by Gasteiger charge is 2.35. The number of hydrogen-bond acceptors (Lipinski definition) is 3. The van der Waals surface area contributed by atoms with Gasteiger partial charge in [0.2, 0.25) is 0 Å². The fourth-order valence-corrected chi connectivity index (χ4v) is 2.55. The molecule has 130 valence electrons. The third-order valence-corrected chi connectivity index (χ3v) is 3.53. The smallest absolute Gasteiger partial charge is 0.395 e. The van der Waals surface area contributed by atoms with Gasteiger partial charge >= 0.3 is 6.18 Å². The Labute approximate surface area is 135 Å². The second kappa shape index (κ2) is 8.93. The fraction of sp³-hybridized carbons (Fsp3) is 0.529. The van der Waals surface area contributed by atoms with E-state index in [1.54, 1.807) is 13.1 Å². The number of nitrogens with one attached hydrogen (secondary N) is 1. The van der Waals surface area contributed by atoms with Gasteiger partial charge in [-0.25, -0.2) is 0 Å². The van der Waals surface area contributed by atoms with E-state index >= 15 is 0 Å². The monoisotopic (exact) mass is 330 g/mol. The van der Waals surface area contributed by atoms with Gasteiger partial charge < -0.3 is 15.3 Å². The van der Waals surface area contributed by atoms with Crippen molar-refractivity contribution < 1.29 is 18.3 Å². The molecule has 1 heterocycles. The number of hydrogen-bond donors (Lipinski definition) is 2. The highest BCUT2D eigenvalue weighted by molar-refractivity contribution is 5.80. The number of alkyl halides is 3. The number of aliphatic hydroxyl groups is 1. The van der Waals surface area contributed by atoms with E-state index in [9.17, 15) is 13.2 Å². The van der Waals surface area contributed by atoms with Gasteiger partial charge in [0, 0.05) is 25.7 Å². The Morgan fingerprint density at radius 1 is 1.26 bits per heavy atom. The van der Waals surface area contributed by atoms with E-state index in [1.165, 1.54) is 11.0 Å². The quantitative estimate of drug-likeness (QED) is 0.886. The molecule has 1 aliphatic rings. The number of rotatable bonds is 4. The van der Waals surface area contributed by atoms with Crippen LogP contribution in [0.2, 0.25) is 0 Å². The molecule has 0 aliphatic carbocycles. The molecule has 1 aliphatic heterocycles. The maximum Gasteiger partial charge on any atom is 0.418 e. The van der Waals surface area contributed by atoms with Crippen molar-refractivity contribution in [2.24, 2.45) is 0 Å². The minimum atomic E-state index is -4.42. The summed E-state index contributed by atoms with van der Waals surface area (Å²) >= 11 is 0. The lowest BCUT2D eigenvalue weighted by Crippen LogP contribution is -2.27. The first kappa shape index (κ1) is 19.5. The van der Waals surface area contributed by atoms with Crippen molar-refractivity contribution in [3.8, 4) is 0 Å². The SMILES string of the molecule is CC.CN(CCO)c1c(C2=CCCNC2)cccc1C(F)(F)F. The maximum absolute atomic E-state index is 13.3. The topological polar surface area (TPSA) is 35.5 Å². The number of para-hydroxylation sites is 1. The first-order chi connectivity index (χ1) is 10.9. The van der Waals surface area contributed by atoms with E-state index in [1.807, 2.05) is 19.9 Å². The van der Waals surface area contributed by atoms with Crippen LogP contribution in [0.3, 0.4) is 0 Å². The Morgan fingerprint density at radius 3 is 2.48 bits per heavy atom. The van der Waals surface area contributed by atoms with Gasteiger partial charge in [-0.2, -0.15) is 13.2 Å². The molecule has 0 saturated heterocycles. The summed E-state index contributed by atoms with van der Waals surface area (Å²) < 4.78 is 39.8. The summed E-state index contributed by atoms with van der Waals surface area (Å²) in [4.78, 5) is 1.47. The zero-order chi connectivity index (χ0) is 17.5. The van der Waals surface area contributed by atoms with Gasteiger partial charge in [0.05, 0.1) is 17.9 Å². The van der Waals surface area contributed by atoms with Gasteiger partial charge in [-0.1, -0.05) is 32.1 Å². The zero-order valence-electron chi connectivity index (χ0n) is 13.9. The first-order valence-corrected chi connectivity index (χ1v) is 7.87. The third-order valence-electron chi connectivity index (χ3n) is 3.53. The van der Waals surface area contributed by atoms with E-state index < -0.39 is 11.7 Å². The van der Waals surface area contributed by atoms with Crippen LogP contribution in [0.4, 0.5) is 18.9 Å². The molecule has 6 heteroatoms. The van der Waals surface area contributed by atoms with Crippen LogP contribution in [0.5, 0.6) is 0 Å². The lowest BCUT2D eigenvalue weighted by Gasteiger charge is -2.27. The summed E-state index contributed by atoms with van der Waals surface area (Å²) in [5, 5.41) is 12.2. The molecule has 0 saturated carbocycles.